The highest BCUT2D eigenvalue weighted by molar-refractivity contribution is 7.98. The SMILES string of the molecule is CCc1cc(SC)cc(OC)c1NC(=O)C1=CC=C(N(C)c2cc3c(cc2C)CCCC3(C)C)C1. The van der Waals surface area contributed by atoms with E-state index in [9.17, 15) is 4.79 Å². The molecular formula is C30H38N2O2S. The lowest BCUT2D eigenvalue weighted by Crippen LogP contribution is -2.26. The molecule has 0 bridgehead atoms. The fraction of sp³-hybridized carbons (Fsp3) is 0.433. The van der Waals surface area contributed by atoms with Gasteiger partial charge in [-0.25, -0.2) is 0 Å². The number of carbonyl (C=O) groups excluding carboxylic acids is 1. The molecule has 0 unspecified atom stereocenters. The van der Waals surface area contributed by atoms with Crippen molar-refractivity contribution in [3.8, 4) is 5.75 Å². The summed E-state index contributed by atoms with van der Waals surface area (Å²) in [5.74, 6) is 0.635. The van der Waals surface area contributed by atoms with Crippen LogP contribution in [-0.4, -0.2) is 26.3 Å². The molecule has 1 N–H and O–H groups in total. The third kappa shape index (κ3) is 5.02. The molecule has 0 spiro atoms. The van der Waals surface area contributed by atoms with E-state index in [0.29, 0.717) is 12.2 Å². The minimum Gasteiger partial charge on any atom is -0.495 e. The Morgan fingerprint density at radius 1 is 1.20 bits per heavy atom. The van der Waals surface area contributed by atoms with Crippen LogP contribution in [0.1, 0.15) is 62.3 Å². The second kappa shape index (κ2) is 10.1. The molecule has 0 radical (unpaired) electrons. The molecule has 4 rings (SSSR count). The molecule has 1 amide bonds. The number of fused-ring (bicyclic) bond motifs is 1. The number of thioether (sulfide) groups is 1. The average Bonchev–Trinajstić information content (AvgIpc) is 3.33. The first-order valence-corrected chi connectivity index (χ1v) is 13.7. The van der Waals surface area contributed by atoms with Crippen LogP contribution in [0.5, 0.6) is 5.75 Å². The van der Waals surface area contributed by atoms with E-state index in [2.05, 4.69) is 69.2 Å². The highest BCUT2D eigenvalue weighted by Crippen LogP contribution is 2.41. The number of allylic oxidation sites excluding steroid dienone is 3. The maximum Gasteiger partial charge on any atom is 0.252 e. The minimum absolute atomic E-state index is 0.0714. The summed E-state index contributed by atoms with van der Waals surface area (Å²) in [6.45, 7) is 9.00. The largest absolute Gasteiger partial charge is 0.495 e. The highest BCUT2D eigenvalue weighted by Gasteiger charge is 2.29. The van der Waals surface area contributed by atoms with Gasteiger partial charge < -0.3 is 15.0 Å². The van der Waals surface area contributed by atoms with Gasteiger partial charge in [0.05, 0.1) is 12.8 Å². The van der Waals surface area contributed by atoms with Crippen molar-refractivity contribution in [1.29, 1.82) is 0 Å². The summed E-state index contributed by atoms with van der Waals surface area (Å²) < 4.78 is 5.62. The first-order chi connectivity index (χ1) is 16.7. The zero-order valence-electron chi connectivity index (χ0n) is 22.2. The van der Waals surface area contributed by atoms with Crippen LogP contribution in [0.25, 0.3) is 0 Å². The summed E-state index contributed by atoms with van der Waals surface area (Å²) in [7, 11) is 3.77. The lowest BCUT2D eigenvalue weighted by molar-refractivity contribution is -0.112. The zero-order valence-corrected chi connectivity index (χ0v) is 23.0. The van der Waals surface area contributed by atoms with E-state index in [4.69, 9.17) is 4.74 Å². The lowest BCUT2D eigenvalue weighted by atomic mass is 9.72. The van der Waals surface area contributed by atoms with Gasteiger partial charge >= 0.3 is 0 Å². The molecule has 4 nitrogen and oxygen atoms in total. The fourth-order valence-electron chi connectivity index (χ4n) is 5.40. The minimum atomic E-state index is -0.0714. The van der Waals surface area contributed by atoms with Gasteiger partial charge in [-0.1, -0.05) is 32.9 Å². The van der Waals surface area contributed by atoms with Crippen LogP contribution in [0.15, 0.2) is 52.6 Å². The van der Waals surface area contributed by atoms with Crippen molar-refractivity contribution in [2.75, 3.05) is 30.6 Å². The van der Waals surface area contributed by atoms with Gasteiger partial charge in [0.15, 0.2) is 0 Å². The van der Waals surface area contributed by atoms with E-state index in [0.717, 1.165) is 33.8 Å². The summed E-state index contributed by atoms with van der Waals surface area (Å²) in [6.07, 6.45) is 11.1. The zero-order chi connectivity index (χ0) is 25.3. The predicted octanol–water partition coefficient (Wildman–Crippen LogP) is 7.19. The molecule has 0 saturated heterocycles. The Morgan fingerprint density at radius 3 is 2.66 bits per heavy atom. The maximum atomic E-state index is 13.3. The lowest BCUT2D eigenvalue weighted by Gasteiger charge is -2.35. The van der Waals surface area contributed by atoms with E-state index in [1.807, 2.05) is 18.4 Å². The topological polar surface area (TPSA) is 41.6 Å². The smallest absolute Gasteiger partial charge is 0.252 e. The van der Waals surface area contributed by atoms with Crippen molar-refractivity contribution >= 4 is 29.0 Å². The number of amides is 1. The number of hydrogen-bond donors (Lipinski definition) is 1. The first kappa shape index (κ1) is 25.4. The molecule has 35 heavy (non-hydrogen) atoms. The molecule has 0 heterocycles. The predicted molar refractivity (Wildman–Crippen MR) is 149 cm³/mol. The third-order valence-electron chi connectivity index (χ3n) is 7.56. The van der Waals surface area contributed by atoms with E-state index >= 15 is 0 Å². The van der Waals surface area contributed by atoms with E-state index in [-0.39, 0.29) is 11.3 Å². The van der Waals surface area contributed by atoms with Crippen molar-refractivity contribution in [3.63, 3.8) is 0 Å². The number of carbonyl (C=O) groups is 1. The standard InChI is InChI=1S/C30H38N2O2S/c1-8-20-16-24(35-7)17-27(34-6)28(20)31-29(33)22-11-12-23(15-22)32(5)26-18-25-21(14-19(26)2)10-9-13-30(25,3)4/h11-12,14,16-18H,8-10,13,15H2,1-7H3,(H,31,33). The summed E-state index contributed by atoms with van der Waals surface area (Å²) in [5, 5.41) is 3.14. The average molecular weight is 491 g/mol. The summed E-state index contributed by atoms with van der Waals surface area (Å²) in [5.41, 5.74) is 9.42. The highest BCUT2D eigenvalue weighted by atomic mass is 32.2. The second-order valence-electron chi connectivity index (χ2n) is 10.3. The Hall–Kier alpha value is -2.66. The Bertz CT molecular complexity index is 1180. The number of nitrogens with zero attached hydrogens (tertiary/aromatic N) is 1. The third-order valence-corrected chi connectivity index (χ3v) is 8.27. The van der Waals surface area contributed by atoms with Gasteiger partial charge in [-0.05, 0) is 90.8 Å². The van der Waals surface area contributed by atoms with Crippen LogP contribution >= 0.6 is 11.8 Å². The molecule has 0 aliphatic heterocycles. The van der Waals surface area contributed by atoms with Crippen LogP contribution in [-0.2, 0) is 23.1 Å². The first-order valence-electron chi connectivity index (χ1n) is 12.5. The number of ether oxygens (including phenoxy) is 1. The molecule has 0 atom stereocenters. The number of anilines is 2. The molecule has 0 fully saturated rings. The Labute approximate surface area is 214 Å². The van der Waals surface area contributed by atoms with Crippen molar-refractivity contribution in [2.45, 2.75) is 70.1 Å². The van der Waals surface area contributed by atoms with Gasteiger partial charge in [0, 0.05) is 35.3 Å². The van der Waals surface area contributed by atoms with Crippen LogP contribution in [0, 0.1) is 6.92 Å². The van der Waals surface area contributed by atoms with Crippen LogP contribution in [0.3, 0.4) is 0 Å². The summed E-state index contributed by atoms with van der Waals surface area (Å²) in [4.78, 5) is 16.6. The molecule has 186 valence electrons. The normalized spacial score (nSPS) is 16.3. The molecule has 0 aromatic heterocycles. The van der Waals surface area contributed by atoms with Crippen molar-refractivity contribution in [3.05, 3.63) is 69.9 Å². The van der Waals surface area contributed by atoms with Crippen LogP contribution in [0.2, 0.25) is 0 Å². The molecule has 5 heteroatoms. The molecule has 2 aliphatic carbocycles. The summed E-state index contributed by atoms with van der Waals surface area (Å²) >= 11 is 1.67. The Morgan fingerprint density at radius 2 is 1.97 bits per heavy atom. The number of rotatable bonds is 7. The molecular weight excluding hydrogens is 452 g/mol. The van der Waals surface area contributed by atoms with Crippen molar-refractivity contribution in [1.82, 2.24) is 0 Å². The van der Waals surface area contributed by atoms with Gasteiger partial charge in [-0.15, -0.1) is 11.8 Å². The Kier molecular flexibility index (Phi) is 7.37. The number of nitrogens with one attached hydrogen (secondary N) is 1. The van der Waals surface area contributed by atoms with Gasteiger partial charge in [0.25, 0.3) is 5.91 Å². The molecule has 2 aromatic carbocycles. The van der Waals surface area contributed by atoms with Crippen LogP contribution in [0.4, 0.5) is 11.4 Å². The maximum absolute atomic E-state index is 13.3. The number of hydrogen-bond acceptors (Lipinski definition) is 4. The van der Waals surface area contributed by atoms with Gasteiger partial charge in [-0.2, -0.15) is 0 Å². The summed E-state index contributed by atoms with van der Waals surface area (Å²) in [6, 6.07) is 8.87. The molecule has 2 aliphatic rings. The van der Waals surface area contributed by atoms with Crippen molar-refractivity contribution < 1.29 is 9.53 Å². The van der Waals surface area contributed by atoms with Gasteiger partial charge in [-0.3, -0.25) is 4.79 Å². The number of benzene rings is 2. The second-order valence-corrected chi connectivity index (χ2v) is 11.2. The van der Waals surface area contributed by atoms with Gasteiger partial charge in [0.2, 0.25) is 0 Å². The monoisotopic (exact) mass is 490 g/mol. The Balaban J connectivity index is 1.51. The quantitative estimate of drug-likeness (QED) is 0.417. The van der Waals surface area contributed by atoms with E-state index < -0.39 is 0 Å². The van der Waals surface area contributed by atoms with E-state index in [1.54, 1.807) is 18.9 Å². The number of aryl methyl sites for hydroxylation is 3. The van der Waals surface area contributed by atoms with Crippen molar-refractivity contribution in [2.24, 2.45) is 0 Å². The number of methoxy groups -OCH3 is 1. The van der Waals surface area contributed by atoms with Crippen LogP contribution < -0.4 is 15.0 Å². The fourth-order valence-corrected chi connectivity index (χ4v) is 5.88. The molecule has 0 saturated carbocycles. The molecule has 2 aromatic rings. The van der Waals surface area contributed by atoms with E-state index in [1.165, 1.54) is 41.6 Å². The van der Waals surface area contributed by atoms with Gasteiger partial charge in [0.1, 0.15) is 5.75 Å².